The van der Waals surface area contributed by atoms with Crippen LogP contribution < -0.4 is 21.3 Å². The van der Waals surface area contributed by atoms with Gasteiger partial charge in [0.25, 0.3) is 11.8 Å². The Morgan fingerprint density at radius 3 is 2.60 bits per heavy atom. The van der Waals surface area contributed by atoms with Crippen molar-refractivity contribution in [2.75, 3.05) is 30.8 Å². The van der Waals surface area contributed by atoms with Gasteiger partial charge in [-0.05, 0) is 81.3 Å². The zero-order valence-corrected chi connectivity index (χ0v) is 33.3. The molecular formula is C42H39N11O6S. The number of pyridine rings is 1. The zero-order valence-electron chi connectivity index (χ0n) is 32.5. The molecule has 4 N–H and O–H groups in total. The lowest BCUT2D eigenvalue weighted by atomic mass is 9.57. The molecule has 18 heteroatoms. The first-order valence-electron chi connectivity index (χ1n) is 19.7. The molecule has 0 spiro atoms. The van der Waals surface area contributed by atoms with Crippen molar-refractivity contribution < 1.29 is 28.7 Å². The Morgan fingerprint density at radius 2 is 1.83 bits per heavy atom. The number of carbonyl (C=O) groups is 5. The molecule has 17 nitrogen and oxygen atoms in total. The Hall–Kier alpha value is -7.00. The van der Waals surface area contributed by atoms with E-state index in [1.165, 1.54) is 24.6 Å². The molecule has 1 aromatic carbocycles. The summed E-state index contributed by atoms with van der Waals surface area (Å²) in [5.41, 5.74) is 4.93. The van der Waals surface area contributed by atoms with Crippen molar-refractivity contribution in [3.63, 3.8) is 0 Å². The van der Waals surface area contributed by atoms with Gasteiger partial charge in [-0.2, -0.15) is 10.4 Å². The third-order valence-corrected chi connectivity index (χ3v) is 13.3. The average molecular weight is 826 g/mol. The lowest BCUT2D eigenvalue weighted by Crippen LogP contribution is -2.57. The third kappa shape index (κ3) is 6.79. The standard InChI is InChI=1S/C42H39N11O6S/c1-44-29-20-30(31-6-5-25-19-24(21-43)22-47-53(25)31)46-23-27(29)37-50-51-40(60-37)41-10-13-42(14-11-41,15-12-41)49-34(55)9-17-59-18-16-45-28-4-2-3-26-35(28)39(58)52(38(26)57)32-7-8-33(54)48-36(32)56/h2-6,9,17,19-20,22-23,32,45H,7-8,10-16,18H2,1H3,(H,44,46)(H,49,55)(H,48,54,56). The van der Waals surface area contributed by atoms with Gasteiger partial charge >= 0.3 is 0 Å². The fraction of sp³-hybridized carbons (Fsp3) is 0.333. The molecule has 60 heavy (non-hydrogen) atoms. The Labute approximate surface area is 347 Å². The van der Waals surface area contributed by atoms with Crippen LogP contribution in [0.25, 0.3) is 27.5 Å². The van der Waals surface area contributed by atoms with Gasteiger partial charge in [0.15, 0.2) is 5.01 Å². The Bertz CT molecular complexity index is 2660. The van der Waals surface area contributed by atoms with Crippen LogP contribution in [0.15, 0.2) is 67.2 Å². The van der Waals surface area contributed by atoms with E-state index >= 15 is 0 Å². The number of hydrogen-bond acceptors (Lipinski definition) is 14. The van der Waals surface area contributed by atoms with E-state index in [0.29, 0.717) is 11.3 Å². The van der Waals surface area contributed by atoms with E-state index in [1.54, 1.807) is 34.1 Å². The predicted octanol–water partition coefficient (Wildman–Crippen LogP) is 4.33. The van der Waals surface area contributed by atoms with Crippen LogP contribution in [0.2, 0.25) is 0 Å². The summed E-state index contributed by atoms with van der Waals surface area (Å²) in [6, 6.07) is 13.5. The highest BCUT2D eigenvalue weighted by Crippen LogP contribution is 2.54. The second-order valence-electron chi connectivity index (χ2n) is 15.5. The second-order valence-corrected chi connectivity index (χ2v) is 16.5. The highest BCUT2D eigenvalue weighted by Gasteiger charge is 2.51. The number of anilines is 2. The Kier molecular flexibility index (Phi) is 9.83. The topological polar surface area (TPSA) is 226 Å². The summed E-state index contributed by atoms with van der Waals surface area (Å²) in [4.78, 5) is 69.2. The summed E-state index contributed by atoms with van der Waals surface area (Å²) in [5.74, 6) is -2.50. The molecule has 5 aromatic rings. The quantitative estimate of drug-likeness (QED) is 0.0596. The molecule has 2 bridgehead atoms. The van der Waals surface area contributed by atoms with Crippen LogP contribution in [0, 0.1) is 11.3 Å². The molecule has 0 radical (unpaired) electrons. The van der Waals surface area contributed by atoms with Crippen LogP contribution in [-0.4, -0.2) is 91.0 Å². The number of nitrogens with zero attached hydrogens (tertiary/aromatic N) is 7. The van der Waals surface area contributed by atoms with Gasteiger partial charge in [-0.1, -0.05) is 17.4 Å². The molecular weight excluding hydrogens is 787 g/mol. The normalized spacial score (nSPS) is 22.2. The van der Waals surface area contributed by atoms with Gasteiger partial charge in [0, 0.05) is 54.6 Å². The first-order chi connectivity index (χ1) is 29.1. The zero-order chi connectivity index (χ0) is 41.6. The number of nitriles is 1. The van der Waals surface area contributed by atoms with Crippen molar-refractivity contribution in [1.82, 2.24) is 40.3 Å². The van der Waals surface area contributed by atoms with Gasteiger partial charge in [0.2, 0.25) is 17.7 Å². The van der Waals surface area contributed by atoms with Crippen molar-refractivity contribution in [2.45, 2.75) is 68.4 Å². The molecule has 1 saturated heterocycles. The van der Waals surface area contributed by atoms with Crippen LogP contribution >= 0.6 is 11.3 Å². The molecule has 2 aliphatic heterocycles. The van der Waals surface area contributed by atoms with E-state index in [2.05, 4.69) is 37.5 Å². The van der Waals surface area contributed by atoms with Gasteiger partial charge in [-0.15, -0.1) is 10.2 Å². The maximum atomic E-state index is 13.3. The van der Waals surface area contributed by atoms with Crippen molar-refractivity contribution >= 4 is 57.8 Å². The molecule has 3 aliphatic carbocycles. The molecule has 3 saturated carbocycles. The van der Waals surface area contributed by atoms with Crippen LogP contribution in [0.3, 0.4) is 0 Å². The third-order valence-electron chi connectivity index (χ3n) is 12.1. The monoisotopic (exact) mass is 825 g/mol. The molecule has 5 amide bonds. The molecule has 1 atom stereocenters. The maximum Gasteiger partial charge on any atom is 0.264 e. The molecule has 4 aromatic heterocycles. The van der Waals surface area contributed by atoms with Crippen molar-refractivity contribution in [1.29, 1.82) is 5.26 Å². The number of rotatable bonds is 12. The first-order valence-corrected chi connectivity index (χ1v) is 20.5. The number of hydrogen-bond donors (Lipinski definition) is 4. The molecule has 10 rings (SSSR count). The maximum absolute atomic E-state index is 13.3. The van der Waals surface area contributed by atoms with Gasteiger partial charge in [0.1, 0.15) is 23.7 Å². The van der Waals surface area contributed by atoms with Crippen LogP contribution in [0.5, 0.6) is 0 Å². The van der Waals surface area contributed by atoms with Gasteiger partial charge in [-0.25, -0.2) is 4.52 Å². The predicted molar refractivity (Wildman–Crippen MR) is 219 cm³/mol. The van der Waals surface area contributed by atoms with E-state index in [0.717, 1.165) is 81.6 Å². The number of nitrogens with one attached hydrogen (secondary N) is 4. The Morgan fingerprint density at radius 1 is 1.02 bits per heavy atom. The number of aromatic nitrogens is 5. The van der Waals surface area contributed by atoms with Crippen LogP contribution in [0.4, 0.5) is 11.4 Å². The van der Waals surface area contributed by atoms with Crippen LogP contribution in [-0.2, 0) is 24.5 Å². The van der Waals surface area contributed by atoms with E-state index in [1.807, 2.05) is 31.4 Å². The summed E-state index contributed by atoms with van der Waals surface area (Å²) in [7, 11) is 1.86. The number of carbonyl (C=O) groups excluding carboxylic acids is 5. The Balaban J connectivity index is 0.769. The summed E-state index contributed by atoms with van der Waals surface area (Å²) in [6.07, 6.45) is 11.3. The highest BCUT2D eigenvalue weighted by molar-refractivity contribution is 7.14. The summed E-state index contributed by atoms with van der Waals surface area (Å²) in [6.45, 7) is 0.446. The SMILES string of the molecule is CNc1cc(-c2ccc3cc(C#N)cnn23)ncc1-c1nnc(C23CCC(NC(=O)C=COCCNc4cccc5c4C(=O)N(C4CCC(=O)NC4=O)C5=O)(CC2)CC3)s1. The van der Waals surface area contributed by atoms with E-state index in [4.69, 9.17) is 14.8 Å². The molecule has 6 heterocycles. The minimum Gasteiger partial charge on any atom is -0.499 e. The number of benzene rings is 1. The minimum atomic E-state index is -1.05. The fourth-order valence-corrected chi connectivity index (χ4v) is 10.00. The molecule has 5 aliphatic rings. The van der Waals surface area contributed by atoms with Crippen LogP contribution in [0.1, 0.15) is 82.7 Å². The lowest BCUT2D eigenvalue weighted by molar-refractivity contribution is -0.136. The number of amides is 5. The van der Waals surface area contributed by atoms with Gasteiger partial charge in [-0.3, -0.25) is 39.2 Å². The summed E-state index contributed by atoms with van der Waals surface area (Å²) >= 11 is 1.59. The minimum absolute atomic E-state index is 0.0432. The smallest absolute Gasteiger partial charge is 0.264 e. The number of imide groups is 2. The van der Waals surface area contributed by atoms with E-state index in [9.17, 15) is 29.2 Å². The number of piperidine rings is 1. The van der Waals surface area contributed by atoms with E-state index < -0.39 is 29.7 Å². The van der Waals surface area contributed by atoms with Crippen molar-refractivity contribution in [3.8, 4) is 28.0 Å². The first kappa shape index (κ1) is 38.5. The molecule has 4 fully saturated rings. The summed E-state index contributed by atoms with van der Waals surface area (Å²) in [5, 5.41) is 36.6. The molecule has 304 valence electrons. The lowest BCUT2D eigenvalue weighted by Gasteiger charge is -2.52. The number of ether oxygens (including phenoxy) is 1. The fourth-order valence-electron chi connectivity index (χ4n) is 8.86. The largest absolute Gasteiger partial charge is 0.499 e. The molecule has 1 unspecified atom stereocenters. The van der Waals surface area contributed by atoms with Crippen molar-refractivity contribution in [3.05, 3.63) is 88.9 Å². The van der Waals surface area contributed by atoms with Crippen molar-refractivity contribution in [2.24, 2.45) is 0 Å². The van der Waals surface area contributed by atoms with Gasteiger partial charge < -0.3 is 20.7 Å². The average Bonchev–Trinajstić information content (AvgIpc) is 4.00. The summed E-state index contributed by atoms with van der Waals surface area (Å²) < 4.78 is 7.36. The second kappa shape index (κ2) is 15.3. The number of fused-ring (bicyclic) bond motifs is 5. The highest BCUT2D eigenvalue weighted by atomic mass is 32.1. The van der Waals surface area contributed by atoms with E-state index in [-0.39, 0.29) is 54.0 Å². The van der Waals surface area contributed by atoms with Gasteiger partial charge in [0.05, 0.1) is 51.6 Å².